The molecule has 4 N–H and O–H groups in total. The number of alkyl carbamates (subject to hydrolysis) is 1. The van der Waals surface area contributed by atoms with Crippen molar-refractivity contribution in [3.63, 3.8) is 0 Å². The molecule has 0 atom stereocenters. The number of carbonyl (C=O) groups excluding carboxylic acids is 2. The minimum atomic E-state index is -4.55. The van der Waals surface area contributed by atoms with Crippen molar-refractivity contribution in [2.24, 2.45) is 0 Å². The number of anilines is 1. The van der Waals surface area contributed by atoms with Gasteiger partial charge in [-0.25, -0.2) is 9.59 Å². The smallest absolute Gasteiger partial charge is 0.416 e. The second-order valence-corrected chi connectivity index (χ2v) is 11.2. The lowest BCUT2D eigenvalue weighted by atomic mass is 10.0. The maximum absolute atomic E-state index is 12.9. The number of hydrogen-bond donors (Lipinski definition) is 4. The zero-order valence-corrected chi connectivity index (χ0v) is 24.7. The number of fused-ring (bicyclic) bond motifs is 4. The molecule has 0 bridgehead atoms. The summed E-state index contributed by atoms with van der Waals surface area (Å²) in [5.74, 6) is -2.17. The van der Waals surface area contributed by atoms with Gasteiger partial charge in [-0.05, 0) is 70.0 Å². The van der Waals surface area contributed by atoms with Gasteiger partial charge < -0.3 is 34.6 Å². The van der Waals surface area contributed by atoms with Gasteiger partial charge in [0, 0.05) is 36.0 Å². The lowest BCUT2D eigenvalue weighted by Crippen LogP contribution is -2.33. The zero-order chi connectivity index (χ0) is 34.0. The van der Waals surface area contributed by atoms with E-state index in [9.17, 15) is 45.8 Å². The summed E-state index contributed by atoms with van der Waals surface area (Å²) < 4.78 is 92.4. The second-order valence-electron chi connectivity index (χ2n) is 11.2. The molecule has 0 saturated heterocycles. The normalized spacial score (nSPS) is 13.3. The summed E-state index contributed by atoms with van der Waals surface area (Å²) in [6, 6.07) is 5.97. The Kier molecular flexibility index (Phi) is 10.8. The molecule has 0 aliphatic carbocycles. The van der Waals surface area contributed by atoms with Crippen LogP contribution in [0.15, 0.2) is 45.2 Å². The number of alkyl halides is 6. The van der Waals surface area contributed by atoms with Crippen molar-refractivity contribution < 1.29 is 59.4 Å². The highest BCUT2D eigenvalue weighted by Gasteiger charge is 2.33. The van der Waals surface area contributed by atoms with Gasteiger partial charge in [0.2, 0.25) is 11.5 Å². The Labute approximate surface area is 264 Å². The molecule has 16 heteroatoms. The van der Waals surface area contributed by atoms with Crippen LogP contribution in [0.3, 0.4) is 0 Å². The summed E-state index contributed by atoms with van der Waals surface area (Å²) in [6.45, 7) is 6.12. The van der Waals surface area contributed by atoms with Crippen LogP contribution in [0.5, 0.6) is 0 Å². The Balaban J connectivity index is 0.000000263. The minimum absolute atomic E-state index is 0. The van der Waals surface area contributed by atoms with Gasteiger partial charge in [-0.1, -0.05) is 7.43 Å². The Morgan fingerprint density at radius 3 is 2.00 bits per heavy atom. The maximum Gasteiger partial charge on any atom is 0.416 e. The van der Waals surface area contributed by atoms with E-state index in [4.69, 9.17) is 13.6 Å². The lowest BCUT2D eigenvalue weighted by Gasteiger charge is -2.19. The SMILES string of the molecule is C.CC(C)(C)OC(=O)NCCCc1c(C(=O)O)oc2ccc(C(F)(F)F)cc12.O=C1NCCNc2c1oc1ccc(C(F)(F)F)cc21. The second kappa shape index (κ2) is 13.8. The van der Waals surface area contributed by atoms with Crippen LogP contribution in [-0.2, 0) is 23.5 Å². The third kappa shape index (κ3) is 8.89. The first-order chi connectivity index (χ1) is 21.3. The van der Waals surface area contributed by atoms with Crippen molar-refractivity contribution in [1.29, 1.82) is 0 Å². The maximum atomic E-state index is 12.9. The van der Waals surface area contributed by atoms with Crippen molar-refractivity contribution in [1.82, 2.24) is 10.6 Å². The number of ether oxygens (including phenoxy) is 1. The van der Waals surface area contributed by atoms with Crippen LogP contribution in [0, 0.1) is 0 Å². The topological polar surface area (TPSA) is 143 Å². The Bertz CT molecular complexity index is 1770. The van der Waals surface area contributed by atoms with Crippen LogP contribution in [0.2, 0.25) is 0 Å². The molecular weight excluding hydrogens is 640 g/mol. The van der Waals surface area contributed by atoms with Crippen molar-refractivity contribution in [3.05, 3.63) is 64.6 Å². The number of rotatable bonds is 5. The van der Waals surface area contributed by atoms with Crippen LogP contribution in [-0.4, -0.2) is 48.3 Å². The lowest BCUT2D eigenvalue weighted by molar-refractivity contribution is -0.138. The number of furan rings is 2. The third-order valence-electron chi connectivity index (χ3n) is 6.52. The number of benzene rings is 2. The molecule has 5 rings (SSSR count). The van der Waals surface area contributed by atoms with E-state index in [1.807, 2.05) is 0 Å². The van der Waals surface area contributed by atoms with E-state index in [1.165, 1.54) is 6.07 Å². The van der Waals surface area contributed by atoms with Crippen molar-refractivity contribution >= 4 is 45.6 Å². The molecular formula is C31H33F6N3O7. The average molecular weight is 674 g/mol. The number of hydrogen-bond acceptors (Lipinski definition) is 7. The molecule has 2 aromatic heterocycles. The number of nitrogens with one attached hydrogen (secondary N) is 3. The number of aromatic carboxylic acids is 1. The molecule has 0 radical (unpaired) electrons. The fraction of sp³-hybridized carbons (Fsp3) is 0.387. The number of amides is 2. The van der Waals surface area contributed by atoms with Gasteiger partial charge in [0.25, 0.3) is 5.91 Å². The molecule has 2 aromatic carbocycles. The molecule has 0 unspecified atom stereocenters. The Morgan fingerprint density at radius 2 is 1.45 bits per heavy atom. The first kappa shape index (κ1) is 36.6. The number of carboxylic acid groups (broad SMARTS) is 1. The molecule has 4 aromatic rings. The van der Waals surface area contributed by atoms with E-state index in [-0.39, 0.29) is 53.7 Å². The van der Waals surface area contributed by atoms with Crippen LogP contribution < -0.4 is 16.0 Å². The molecule has 3 heterocycles. The fourth-order valence-electron chi connectivity index (χ4n) is 4.57. The van der Waals surface area contributed by atoms with E-state index in [0.717, 1.165) is 30.3 Å². The molecule has 47 heavy (non-hydrogen) atoms. The van der Waals surface area contributed by atoms with Crippen molar-refractivity contribution in [3.8, 4) is 0 Å². The number of carbonyl (C=O) groups is 3. The molecule has 0 saturated carbocycles. The summed E-state index contributed by atoms with van der Waals surface area (Å²) in [4.78, 5) is 34.6. The first-order valence-electron chi connectivity index (χ1n) is 13.8. The quantitative estimate of drug-likeness (QED) is 0.124. The van der Waals surface area contributed by atoms with Gasteiger partial charge in [0.05, 0.1) is 16.8 Å². The largest absolute Gasteiger partial charge is 0.475 e. The monoisotopic (exact) mass is 673 g/mol. The van der Waals surface area contributed by atoms with Crippen LogP contribution >= 0.6 is 0 Å². The van der Waals surface area contributed by atoms with Crippen LogP contribution in [0.25, 0.3) is 21.9 Å². The molecule has 256 valence electrons. The first-order valence-corrected chi connectivity index (χ1v) is 13.8. The van der Waals surface area contributed by atoms with Crippen LogP contribution in [0.4, 0.5) is 36.8 Å². The van der Waals surface area contributed by atoms with E-state index >= 15 is 0 Å². The van der Waals surface area contributed by atoms with Gasteiger partial charge in [0.15, 0.2) is 0 Å². The number of aryl methyl sites for hydroxylation is 1. The third-order valence-corrected chi connectivity index (χ3v) is 6.52. The number of halogens is 6. The molecule has 1 aliphatic rings. The van der Waals surface area contributed by atoms with Crippen LogP contribution in [0.1, 0.15) is 72.4 Å². The van der Waals surface area contributed by atoms with Gasteiger partial charge >= 0.3 is 24.4 Å². The summed E-state index contributed by atoms with van der Waals surface area (Å²) >= 11 is 0. The molecule has 0 fully saturated rings. The predicted molar refractivity (Wildman–Crippen MR) is 160 cm³/mol. The van der Waals surface area contributed by atoms with E-state index in [2.05, 4.69) is 16.0 Å². The highest BCUT2D eigenvalue weighted by atomic mass is 19.4. The van der Waals surface area contributed by atoms with Gasteiger partial charge in [-0.2, -0.15) is 26.3 Å². The standard InChI is InChI=1S/C18H20F3NO5.C12H9F3N2O2.CH4/c1-17(2,3)27-16(25)22-8-4-5-11-12-9-10(18(19,20)21)6-7-13(12)26-14(11)15(23)24;13-12(14,15)6-1-2-8-7(5-6)9-10(19-8)11(18)17-4-3-16-9;/h6-7,9H,4-5,8H2,1-3H3,(H,22,25)(H,23,24);1-2,5,16H,3-4H2,(H,17,18);1H4. The molecule has 1 aliphatic heterocycles. The summed E-state index contributed by atoms with van der Waals surface area (Å²) in [6.07, 6.45) is -9.19. The van der Waals surface area contributed by atoms with E-state index in [0.29, 0.717) is 25.2 Å². The molecule has 0 spiro atoms. The van der Waals surface area contributed by atoms with Gasteiger partial charge in [-0.15, -0.1) is 0 Å². The Hall–Kier alpha value is -4.89. The van der Waals surface area contributed by atoms with Crippen molar-refractivity contribution in [2.45, 2.75) is 59.0 Å². The minimum Gasteiger partial charge on any atom is -0.475 e. The predicted octanol–water partition coefficient (Wildman–Crippen LogP) is 7.85. The highest BCUT2D eigenvalue weighted by molar-refractivity contribution is 6.07. The Morgan fingerprint density at radius 1 is 0.894 bits per heavy atom. The van der Waals surface area contributed by atoms with E-state index in [1.54, 1.807) is 20.8 Å². The summed E-state index contributed by atoms with van der Waals surface area (Å²) in [5, 5.41) is 17.6. The molecule has 10 nitrogen and oxygen atoms in total. The molecule has 2 amide bonds. The van der Waals surface area contributed by atoms with Gasteiger partial charge in [0.1, 0.15) is 16.8 Å². The van der Waals surface area contributed by atoms with Crippen molar-refractivity contribution in [2.75, 3.05) is 25.0 Å². The zero-order valence-electron chi connectivity index (χ0n) is 24.7. The summed E-state index contributed by atoms with van der Waals surface area (Å²) in [5.41, 5.74) is -1.52. The number of carboxylic acids is 1. The van der Waals surface area contributed by atoms with Gasteiger partial charge in [-0.3, -0.25) is 4.79 Å². The summed E-state index contributed by atoms with van der Waals surface area (Å²) in [7, 11) is 0. The highest BCUT2D eigenvalue weighted by Crippen LogP contribution is 2.37. The van der Waals surface area contributed by atoms with E-state index < -0.39 is 52.8 Å². The fourth-order valence-corrected chi connectivity index (χ4v) is 4.57. The average Bonchev–Trinajstić information content (AvgIpc) is 3.43.